The highest BCUT2D eigenvalue weighted by atomic mass is 35.5. The predicted molar refractivity (Wildman–Crippen MR) is 120 cm³/mol. The minimum absolute atomic E-state index is 0.0265. The van der Waals surface area contributed by atoms with Gasteiger partial charge in [0, 0.05) is 22.4 Å². The van der Waals surface area contributed by atoms with E-state index in [1.165, 1.54) is 5.56 Å². The molecule has 3 rings (SSSR count). The van der Waals surface area contributed by atoms with Crippen LogP contribution in [0, 0.1) is 11.8 Å². The average Bonchev–Trinajstić information content (AvgIpc) is 2.72. The van der Waals surface area contributed by atoms with Gasteiger partial charge in [-0.25, -0.2) is 4.79 Å². The van der Waals surface area contributed by atoms with Crippen LogP contribution in [0.15, 0.2) is 54.6 Å². The molecule has 30 heavy (non-hydrogen) atoms. The van der Waals surface area contributed by atoms with Crippen molar-refractivity contribution >= 4 is 17.6 Å². The molecule has 1 saturated heterocycles. The molecular formula is C25H29ClO4. The zero-order valence-electron chi connectivity index (χ0n) is 17.9. The molecule has 0 radical (unpaired) electrons. The lowest BCUT2D eigenvalue weighted by atomic mass is 9.73. The van der Waals surface area contributed by atoms with Gasteiger partial charge >= 0.3 is 5.97 Å². The zero-order valence-corrected chi connectivity index (χ0v) is 18.6. The Hall–Kier alpha value is -2.30. The van der Waals surface area contributed by atoms with Crippen molar-refractivity contribution in [1.29, 1.82) is 0 Å². The Morgan fingerprint density at radius 2 is 1.90 bits per heavy atom. The molecule has 0 amide bonds. The molecule has 0 spiro atoms. The summed E-state index contributed by atoms with van der Waals surface area (Å²) in [6, 6.07) is 12.9. The fourth-order valence-corrected chi connectivity index (χ4v) is 4.51. The van der Waals surface area contributed by atoms with Gasteiger partial charge in [0.25, 0.3) is 0 Å². The van der Waals surface area contributed by atoms with Crippen LogP contribution in [-0.2, 0) is 4.74 Å². The highest BCUT2D eigenvalue weighted by molar-refractivity contribution is 6.30. The molecule has 1 N–H and O–H groups in total. The van der Waals surface area contributed by atoms with Crippen LogP contribution in [0.2, 0.25) is 5.02 Å². The first kappa shape index (κ1) is 22.4. The van der Waals surface area contributed by atoms with Gasteiger partial charge in [-0.05, 0) is 55.2 Å². The van der Waals surface area contributed by atoms with Crippen LogP contribution in [0.5, 0.6) is 5.75 Å². The summed E-state index contributed by atoms with van der Waals surface area (Å²) in [7, 11) is 1.59. The van der Waals surface area contributed by atoms with Crippen molar-refractivity contribution < 1.29 is 19.4 Å². The Kier molecular flexibility index (Phi) is 6.89. The number of hydrogen-bond acceptors (Lipinski definition) is 3. The number of halogens is 1. The van der Waals surface area contributed by atoms with Gasteiger partial charge in [0.15, 0.2) is 0 Å². The number of carboxylic acids is 1. The number of aromatic carboxylic acids is 1. The Morgan fingerprint density at radius 1 is 1.23 bits per heavy atom. The summed E-state index contributed by atoms with van der Waals surface area (Å²) in [4.78, 5) is 11.6. The van der Waals surface area contributed by atoms with Gasteiger partial charge in [-0.1, -0.05) is 49.7 Å². The lowest BCUT2D eigenvalue weighted by Crippen LogP contribution is -2.39. The third-order valence-electron chi connectivity index (χ3n) is 5.95. The van der Waals surface area contributed by atoms with Gasteiger partial charge in [-0.15, -0.1) is 0 Å². The van der Waals surface area contributed by atoms with E-state index in [2.05, 4.69) is 32.6 Å². The highest BCUT2D eigenvalue weighted by Gasteiger charge is 2.42. The maximum absolute atomic E-state index is 11.6. The largest absolute Gasteiger partial charge is 0.496 e. The predicted octanol–water partition coefficient (Wildman–Crippen LogP) is 6.51. The topological polar surface area (TPSA) is 55.8 Å². The Bertz CT molecular complexity index is 919. The van der Waals surface area contributed by atoms with Crippen LogP contribution in [0.4, 0.5) is 0 Å². The quantitative estimate of drug-likeness (QED) is 0.533. The molecule has 1 fully saturated rings. The van der Waals surface area contributed by atoms with E-state index in [9.17, 15) is 9.90 Å². The van der Waals surface area contributed by atoms with Gasteiger partial charge in [0.1, 0.15) is 5.75 Å². The standard InChI is InChI=1S/C25H29ClO4/c1-14(2)19-13-20(16-6-9-18(26)10-7-16)23(15(3)4)30-24(19)21-12-17(25(27)28)8-11-22(21)29-5/h6-12,15,19-20,23-24H,1,13H2,2-5H3,(H,27,28)/t19-,20+,23+,24+/m1/s1. The van der Waals surface area contributed by atoms with Crippen molar-refractivity contribution in [2.24, 2.45) is 11.8 Å². The summed E-state index contributed by atoms with van der Waals surface area (Å²) >= 11 is 6.10. The summed E-state index contributed by atoms with van der Waals surface area (Å²) in [5.74, 6) is 0.144. The maximum atomic E-state index is 11.6. The number of carbonyl (C=O) groups is 1. The Morgan fingerprint density at radius 3 is 2.43 bits per heavy atom. The highest BCUT2D eigenvalue weighted by Crippen LogP contribution is 2.49. The lowest BCUT2D eigenvalue weighted by Gasteiger charge is -2.44. The second-order valence-electron chi connectivity index (χ2n) is 8.37. The molecule has 5 heteroatoms. The van der Waals surface area contributed by atoms with Crippen molar-refractivity contribution in [3.8, 4) is 5.75 Å². The molecule has 0 saturated carbocycles. The first-order valence-electron chi connectivity index (χ1n) is 10.2. The van der Waals surface area contributed by atoms with E-state index < -0.39 is 5.97 Å². The Balaban J connectivity index is 2.06. The third-order valence-corrected chi connectivity index (χ3v) is 6.20. The molecule has 0 aliphatic carbocycles. The Labute approximate surface area is 183 Å². The first-order valence-corrected chi connectivity index (χ1v) is 10.6. The van der Waals surface area contributed by atoms with Crippen molar-refractivity contribution in [2.75, 3.05) is 7.11 Å². The van der Waals surface area contributed by atoms with E-state index in [4.69, 9.17) is 21.1 Å². The van der Waals surface area contributed by atoms with Crippen LogP contribution >= 0.6 is 11.6 Å². The average molecular weight is 429 g/mol. The minimum atomic E-state index is -0.971. The van der Waals surface area contributed by atoms with Crippen LogP contribution < -0.4 is 4.74 Å². The molecule has 0 bridgehead atoms. The van der Waals surface area contributed by atoms with Crippen LogP contribution in [0.3, 0.4) is 0 Å². The fourth-order valence-electron chi connectivity index (χ4n) is 4.39. The number of hydrogen-bond donors (Lipinski definition) is 1. The van der Waals surface area contributed by atoms with Gasteiger partial charge in [-0.3, -0.25) is 0 Å². The number of benzene rings is 2. The van der Waals surface area contributed by atoms with Crippen molar-refractivity contribution in [2.45, 2.75) is 45.3 Å². The minimum Gasteiger partial charge on any atom is -0.496 e. The summed E-state index contributed by atoms with van der Waals surface area (Å²) in [5.41, 5.74) is 3.17. The molecule has 0 aromatic heterocycles. The molecule has 4 atom stereocenters. The van der Waals surface area contributed by atoms with Crippen molar-refractivity contribution in [3.05, 3.63) is 76.3 Å². The molecule has 2 aromatic rings. The number of carboxylic acid groups (broad SMARTS) is 1. The van der Waals surface area contributed by atoms with E-state index >= 15 is 0 Å². The smallest absolute Gasteiger partial charge is 0.335 e. The van der Waals surface area contributed by atoms with E-state index in [1.54, 1.807) is 25.3 Å². The molecule has 0 unspecified atom stereocenters. The second-order valence-corrected chi connectivity index (χ2v) is 8.81. The van der Waals surface area contributed by atoms with E-state index in [0.717, 1.165) is 17.6 Å². The van der Waals surface area contributed by atoms with Crippen LogP contribution in [-0.4, -0.2) is 24.3 Å². The molecule has 2 aromatic carbocycles. The summed E-state index contributed by atoms with van der Waals surface area (Å²) < 4.78 is 12.3. The molecule has 1 aliphatic rings. The molecular weight excluding hydrogens is 400 g/mol. The first-order chi connectivity index (χ1) is 14.2. The molecule has 4 nitrogen and oxygen atoms in total. The molecule has 160 valence electrons. The van der Waals surface area contributed by atoms with Gasteiger partial charge in [-0.2, -0.15) is 0 Å². The molecule has 1 aliphatic heterocycles. The lowest BCUT2D eigenvalue weighted by molar-refractivity contribution is -0.109. The van der Waals surface area contributed by atoms with E-state index in [0.29, 0.717) is 10.8 Å². The zero-order chi connectivity index (χ0) is 22.0. The van der Waals surface area contributed by atoms with Gasteiger partial charge in [0.05, 0.1) is 24.9 Å². The van der Waals surface area contributed by atoms with Crippen LogP contribution in [0.25, 0.3) is 0 Å². The van der Waals surface area contributed by atoms with Gasteiger partial charge < -0.3 is 14.6 Å². The third kappa shape index (κ3) is 4.55. The normalized spacial score (nSPS) is 23.9. The van der Waals surface area contributed by atoms with Crippen LogP contribution in [0.1, 0.15) is 60.7 Å². The fraction of sp³-hybridized carbons (Fsp3) is 0.400. The SMILES string of the molecule is C=C(C)[C@H]1C[C@@H](c2ccc(Cl)cc2)[C@H](C(C)C)O[C@@H]1c1cc(C(=O)O)ccc1OC. The summed E-state index contributed by atoms with van der Waals surface area (Å²) in [6.07, 6.45) is 0.489. The summed E-state index contributed by atoms with van der Waals surface area (Å²) in [5, 5.41) is 10.2. The van der Waals surface area contributed by atoms with E-state index in [1.807, 2.05) is 19.1 Å². The van der Waals surface area contributed by atoms with E-state index in [-0.39, 0.29) is 35.5 Å². The van der Waals surface area contributed by atoms with Crippen molar-refractivity contribution in [3.63, 3.8) is 0 Å². The number of ether oxygens (including phenoxy) is 2. The molecule has 1 heterocycles. The number of methoxy groups -OCH3 is 1. The second kappa shape index (κ2) is 9.23. The number of rotatable bonds is 6. The van der Waals surface area contributed by atoms with Crippen molar-refractivity contribution in [1.82, 2.24) is 0 Å². The summed E-state index contributed by atoms with van der Waals surface area (Å²) in [6.45, 7) is 10.5. The monoisotopic (exact) mass is 428 g/mol. The maximum Gasteiger partial charge on any atom is 0.335 e. The van der Waals surface area contributed by atoms with Gasteiger partial charge in [0.2, 0.25) is 0 Å².